The Morgan fingerprint density at radius 3 is 2.54 bits per heavy atom. The van der Waals surface area contributed by atoms with Crippen LogP contribution in [0.1, 0.15) is 43.7 Å². The molecule has 0 bridgehead atoms. The zero-order valence-corrected chi connectivity index (χ0v) is 21.9. The average Bonchev–Trinajstić information content (AvgIpc) is 3.45. The number of hydrogen-bond acceptors (Lipinski definition) is 6. The molecule has 1 saturated heterocycles. The fraction of sp³-hybridized carbons (Fsp3) is 0.400. The number of amides is 1. The highest BCUT2D eigenvalue weighted by Gasteiger charge is 2.39. The third-order valence-corrected chi connectivity index (χ3v) is 9.17. The monoisotopic (exact) mass is 515 g/mol. The van der Waals surface area contributed by atoms with Crippen molar-refractivity contribution in [2.75, 3.05) is 13.7 Å². The van der Waals surface area contributed by atoms with Crippen LogP contribution in [0.15, 0.2) is 52.4 Å². The first-order valence-electron chi connectivity index (χ1n) is 11.5. The van der Waals surface area contributed by atoms with Gasteiger partial charge in [0.1, 0.15) is 12.6 Å². The van der Waals surface area contributed by atoms with Crippen molar-refractivity contribution in [1.82, 2.24) is 8.87 Å². The SMILES string of the molecule is COC(=O)Cn1c(=NC(=O)C2CCCN2S(=O)(=O)c2ccc(C)cc2)sc2cc(C(C)C)ccc21. The van der Waals surface area contributed by atoms with Crippen LogP contribution in [0, 0.1) is 6.92 Å². The first kappa shape index (κ1) is 25.3. The van der Waals surface area contributed by atoms with Crippen LogP contribution in [0.5, 0.6) is 0 Å². The maximum Gasteiger partial charge on any atom is 0.325 e. The van der Waals surface area contributed by atoms with Crippen LogP contribution in [-0.4, -0.2) is 48.9 Å². The number of aromatic nitrogens is 1. The number of ether oxygens (including phenoxy) is 1. The first-order valence-corrected chi connectivity index (χ1v) is 13.7. The van der Waals surface area contributed by atoms with Crippen LogP contribution in [0.3, 0.4) is 0 Å². The van der Waals surface area contributed by atoms with Gasteiger partial charge in [-0.05, 0) is 55.5 Å². The zero-order chi connectivity index (χ0) is 25.3. The maximum absolute atomic E-state index is 13.3. The molecule has 1 amide bonds. The highest BCUT2D eigenvalue weighted by Crippen LogP contribution is 2.28. The molecular formula is C25H29N3O5S2. The van der Waals surface area contributed by atoms with E-state index in [2.05, 4.69) is 18.8 Å². The Bertz CT molecular complexity index is 1440. The number of aryl methyl sites for hydroxylation is 1. The Morgan fingerprint density at radius 1 is 1.17 bits per heavy atom. The van der Waals surface area contributed by atoms with Gasteiger partial charge in [-0.1, -0.05) is 48.9 Å². The highest BCUT2D eigenvalue weighted by molar-refractivity contribution is 7.89. The Labute approximate surface area is 208 Å². The normalized spacial score (nSPS) is 17.4. The molecule has 0 N–H and O–H groups in total. The van der Waals surface area contributed by atoms with E-state index >= 15 is 0 Å². The summed E-state index contributed by atoms with van der Waals surface area (Å²) in [6.45, 7) is 6.23. The lowest BCUT2D eigenvalue weighted by Crippen LogP contribution is -2.40. The molecule has 1 aromatic heterocycles. The van der Waals surface area contributed by atoms with Gasteiger partial charge >= 0.3 is 5.97 Å². The number of thiazole rings is 1. The van der Waals surface area contributed by atoms with Crippen molar-refractivity contribution in [2.45, 2.75) is 57.0 Å². The molecule has 2 aromatic carbocycles. The molecule has 4 rings (SSSR count). The first-order chi connectivity index (χ1) is 16.6. The summed E-state index contributed by atoms with van der Waals surface area (Å²) in [7, 11) is -2.53. The summed E-state index contributed by atoms with van der Waals surface area (Å²) >= 11 is 1.30. The van der Waals surface area contributed by atoms with Crippen LogP contribution in [0.25, 0.3) is 10.2 Å². The molecule has 3 aromatic rings. The number of benzene rings is 2. The van der Waals surface area contributed by atoms with Gasteiger partial charge in [-0.3, -0.25) is 9.59 Å². The Morgan fingerprint density at radius 2 is 1.89 bits per heavy atom. The minimum Gasteiger partial charge on any atom is -0.468 e. The number of esters is 1. The Balaban J connectivity index is 1.74. The number of fused-ring (bicyclic) bond motifs is 1. The third kappa shape index (κ3) is 5.10. The summed E-state index contributed by atoms with van der Waals surface area (Å²) in [5, 5.41) is 0. The van der Waals surface area contributed by atoms with Gasteiger partial charge in [-0.15, -0.1) is 0 Å². The topological polar surface area (TPSA) is 98.0 Å². The van der Waals surface area contributed by atoms with Crippen molar-refractivity contribution < 1.29 is 22.7 Å². The van der Waals surface area contributed by atoms with Crippen molar-refractivity contribution in [1.29, 1.82) is 0 Å². The van der Waals surface area contributed by atoms with Crippen molar-refractivity contribution in [3.8, 4) is 0 Å². The van der Waals surface area contributed by atoms with Gasteiger partial charge < -0.3 is 9.30 Å². The Hall–Kier alpha value is -2.82. The van der Waals surface area contributed by atoms with Crippen molar-refractivity contribution in [3.63, 3.8) is 0 Å². The van der Waals surface area contributed by atoms with Crippen LogP contribution in [-0.2, 0) is 30.9 Å². The summed E-state index contributed by atoms with van der Waals surface area (Å²) in [6, 6.07) is 11.7. The molecule has 10 heteroatoms. The van der Waals surface area contributed by atoms with E-state index in [-0.39, 0.29) is 18.0 Å². The van der Waals surface area contributed by atoms with E-state index in [0.717, 1.165) is 21.3 Å². The number of carbonyl (C=O) groups is 2. The summed E-state index contributed by atoms with van der Waals surface area (Å²) in [5.41, 5.74) is 2.86. The number of nitrogens with zero attached hydrogens (tertiary/aromatic N) is 3. The minimum atomic E-state index is -3.84. The molecule has 1 unspecified atom stereocenters. The second-order valence-electron chi connectivity index (χ2n) is 8.97. The van der Waals surface area contributed by atoms with Gasteiger partial charge in [-0.2, -0.15) is 9.30 Å². The molecule has 186 valence electrons. The summed E-state index contributed by atoms with van der Waals surface area (Å²) in [4.78, 5) is 30.3. The number of methoxy groups -OCH3 is 1. The lowest BCUT2D eigenvalue weighted by molar-refractivity contribution is -0.141. The molecule has 1 fully saturated rings. The van der Waals surface area contributed by atoms with Gasteiger partial charge in [-0.25, -0.2) is 8.42 Å². The van der Waals surface area contributed by atoms with Crippen LogP contribution in [0.2, 0.25) is 0 Å². The Kier molecular flexibility index (Phi) is 7.25. The predicted molar refractivity (Wildman–Crippen MR) is 135 cm³/mol. The second kappa shape index (κ2) is 10.0. The third-order valence-electron chi connectivity index (χ3n) is 6.21. The fourth-order valence-electron chi connectivity index (χ4n) is 4.17. The number of sulfonamides is 1. The van der Waals surface area contributed by atoms with E-state index in [1.54, 1.807) is 28.8 Å². The van der Waals surface area contributed by atoms with Gasteiger partial charge in [0, 0.05) is 6.54 Å². The van der Waals surface area contributed by atoms with Crippen LogP contribution in [0.4, 0.5) is 0 Å². The molecule has 1 aliphatic rings. The zero-order valence-electron chi connectivity index (χ0n) is 20.2. The molecule has 2 heterocycles. The van der Waals surface area contributed by atoms with E-state index in [4.69, 9.17) is 4.74 Å². The predicted octanol–water partition coefficient (Wildman–Crippen LogP) is 3.59. The van der Waals surface area contributed by atoms with Gasteiger partial charge in [0.15, 0.2) is 4.80 Å². The molecule has 1 aliphatic heterocycles. The quantitative estimate of drug-likeness (QED) is 0.468. The maximum atomic E-state index is 13.3. The van der Waals surface area contributed by atoms with Gasteiger partial charge in [0.2, 0.25) is 10.0 Å². The number of rotatable bonds is 6. The summed E-state index contributed by atoms with van der Waals surface area (Å²) in [6.07, 6.45) is 0.968. The standard InChI is InChI=1S/C25H29N3O5S2/c1-16(2)18-9-12-20-22(14-18)34-25(27(20)15-23(29)33-4)26-24(30)21-6-5-13-28(21)35(31,32)19-10-7-17(3)8-11-19/h7-12,14,16,21H,5-6,13,15H2,1-4H3. The van der Waals surface area contributed by atoms with E-state index in [9.17, 15) is 18.0 Å². The molecule has 8 nitrogen and oxygen atoms in total. The molecule has 1 atom stereocenters. The summed E-state index contributed by atoms with van der Waals surface area (Å²) < 4.78 is 35.2. The smallest absolute Gasteiger partial charge is 0.325 e. The van der Waals surface area contributed by atoms with E-state index < -0.39 is 27.9 Å². The van der Waals surface area contributed by atoms with E-state index in [1.165, 1.54) is 22.8 Å². The fourth-order valence-corrected chi connectivity index (χ4v) is 6.90. The van der Waals surface area contributed by atoms with Gasteiger partial charge in [0.25, 0.3) is 5.91 Å². The molecule has 0 radical (unpaired) electrons. The number of carbonyl (C=O) groups excluding carboxylic acids is 2. The number of hydrogen-bond donors (Lipinski definition) is 0. The van der Waals surface area contributed by atoms with Crippen LogP contribution < -0.4 is 4.80 Å². The molecular weight excluding hydrogens is 486 g/mol. The van der Waals surface area contributed by atoms with E-state index in [0.29, 0.717) is 23.6 Å². The molecule has 0 saturated carbocycles. The van der Waals surface area contributed by atoms with Crippen molar-refractivity contribution >= 4 is 43.5 Å². The lowest BCUT2D eigenvalue weighted by Gasteiger charge is -2.21. The van der Waals surface area contributed by atoms with E-state index in [1.807, 2.05) is 25.1 Å². The largest absolute Gasteiger partial charge is 0.468 e. The molecule has 0 spiro atoms. The van der Waals surface area contributed by atoms with Crippen molar-refractivity contribution in [2.24, 2.45) is 4.99 Å². The average molecular weight is 516 g/mol. The van der Waals surface area contributed by atoms with Crippen LogP contribution >= 0.6 is 11.3 Å². The van der Waals surface area contributed by atoms with Gasteiger partial charge in [0.05, 0.1) is 22.2 Å². The molecule has 35 heavy (non-hydrogen) atoms. The summed E-state index contributed by atoms with van der Waals surface area (Å²) in [5.74, 6) is -0.681. The second-order valence-corrected chi connectivity index (χ2v) is 11.9. The minimum absolute atomic E-state index is 0.0975. The lowest BCUT2D eigenvalue weighted by atomic mass is 10.0. The molecule has 0 aliphatic carbocycles. The highest BCUT2D eigenvalue weighted by atomic mass is 32.2. The van der Waals surface area contributed by atoms with Crippen molar-refractivity contribution in [3.05, 3.63) is 58.4 Å².